The molecule has 2 amide bonds. The molecule has 29 heavy (non-hydrogen) atoms. The van der Waals surface area contributed by atoms with Gasteiger partial charge in [-0.05, 0) is 61.1 Å². The molecule has 0 aliphatic heterocycles. The van der Waals surface area contributed by atoms with E-state index in [-0.39, 0.29) is 18.3 Å². The van der Waals surface area contributed by atoms with Gasteiger partial charge in [0, 0.05) is 9.50 Å². The van der Waals surface area contributed by atoms with Crippen molar-refractivity contribution in [3.63, 3.8) is 0 Å². The van der Waals surface area contributed by atoms with Gasteiger partial charge in [0.1, 0.15) is 11.5 Å². The summed E-state index contributed by atoms with van der Waals surface area (Å²) in [5.74, 6) is -0.131. The highest BCUT2D eigenvalue weighted by atomic mass is 79.9. The Morgan fingerprint density at radius 1 is 1.00 bits per heavy atom. The minimum atomic E-state index is -0.520. The van der Waals surface area contributed by atoms with Crippen molar-refractivity contribution in [1.82, 2.24) is 16.2 Å². The van der Waals surface area contributed by atoms with Gasteiger partial charge in [-0.25, -0.2) is 0 Å². The molecule has 0 aliphatic carbocycles. The number of thiocarbonyl (C=S) groups is 1. The molecule has 0 saturated carbocycles. The summed E-state index contributed by atoms with van der Waals surface area (Å²) < 4.78 is 11.5. The minimum Gasteiger partial charge on any atom is -0.483 e. The molecular formula is C18H16BrCl2N3O4S. The van der Waals surface area contributed by atoms with Crippen LogP contribution in [-0.4, -0.2) is 30.1 Å². The van der Waals surface area contributed by atoms with Gasteiger partial charge in [-0.15, -0.1) is 0 Å². The lowest BCUT2D eigenvalue weighted by atomic mass is 10.2. The molecule has 7 nitrogen and oxygen atoms in total. The molecule has 2 rings (SSSR count). The summed E-state index contributed by atoms with van der Waals surface area (Å²) in [5, 5.41) is 3.21. The van der Waals surface area contributed by atoms with E-state index in [1.165, 1.54) is 0 Å². The number of hydrogen-bond acceptors (Lipinski definition) is 5. The van der Waals surface area contributed by atoms with E-state index >= 15 is 0 Å². The largest absolute Gasteiger partial charge is 0.483 e. The van der Waals surface area contributed by atoms with E-state index in [2.05, 4.69) is 32.1 Å². The molecular weight excluding hydrogens is 505 g/mol. The molecule has 2 aromatic carbocycles. The van der Waals surface area contributed by atoms with Crippen LogP contribution >= 0.6 is 51.3 Å². The Labute approximate surface area is 191 Å². The first-order chi connectivity index (χ1) is 13.7. The van der Waals surface area contributed by atoms with Crippen molar-refractivity contribution in [1.29, 1.82) is 0 Å². The fraction of sp³-hybridized carbons (Fsp3) is 0.167. The number of halogens is 3. The molecule has 0 aromatic heterocycles. The molecule has 0 fully saturated rings. The van der Waals surface area contributed by atoms with Crippen molar-refractivity contribution in [2.24, 2.45) is 0 Å². The fourth-order valence-corrected chi connectivity index (χ4v) is 3.13. The van der Waals surface area contributed by atoms with Gasteiger partial charge >= 0.3 is 0 Å². The van der Waals surface area contributed by atoms with Gasteiger partial charge in [-0.1, -0.05) is 39.1 Å². The topological polar surface area (TPSA) is 88.7 Å². The average molecular weight is 521 g/mol. The summed E-state index contributed by atoms with van der Waals surface area (Å²) >= 11 is 20.1. The van der Waals surface area contributed by atoms with Crippen LogP contribution in [0.5, 0.6) is 11.5 Å². The van der Waals surface area contributed by atoms with E-state index in [4.69, 9.17) is 44.9 Å². The number of rotatable bonds is 6. The highest BCUT2D eigenvalue weighted by molar-refractivity contribution is 9.10. The molecule has 2 aromatic rings. The van der Waals surface area contributed by atoms with Gasteiger partial charge in [0.15, 0.2) is 18.3 Å². The maximum absolute atomic E-state index is 11.9. The molecule has 11 heteroatoms. The predicted octanol–water partition coefficient (Wildman–Crippen LogP) is 3.54. The number of carbonyl (C=O) groups excluding carboxylic acids is 2. The van der Waals surface area contributed by atoms with E-state index in [0.29, 0.717) is 21.5 Å². The number of aryl methyl sites for hydroxylation is 1. The first-order valence-electron chi connectivity index (χ1n) is 8.10. The SMILES string of the molecule is Cc1cc(Cl)ccc1OCC(=O)NC(=S)NNC(=O)COc1ccc(Br)cc1Cl. The maximum Gasteiger partial charge on any atom is 0.276 e. The Kier molecular flexibility index (Phi) is 8.97. The van der Waals surface area contributed by atoms with Crippen LogP contribution in [0.4, 0.5) is 0 Å². The Balaban J connectivity index is 1.68. The molecule has 0 radical (unpaired) electrons. The van der Waals surface area contributed by atoms with E-state index < -0.39 is 11.8 Å². The van der Waals surface area contributed by atoms with Crippen LogP contribution in [0, 0.1) is 6.92 Å². The summed E-state index contributed by atoms with van der Waals surface area (Å²) in [6, 6.07) is 10.0. The van der Waals surface area contributed by atoms with Gasteiger partial charge in [0.05, 0.1) is 5.02 Å². The van der Waals surface area contributed by atoms with Gasteiger partial charge < -0.3 is 9.47 Å². The molecule has 0 heterocycles. The van der Waals surface area contributed by atoms with Crippen LogP contribution in [0.25, 0.3) is 0 Å². The highest BCUT2D eigenvalue weighted by Gasteiger charge is 2.10. The molecule has 0 saturated heterocycles. The zero-order valence-electron chi connectivity index (χ0n) is 15.1. The molecule has 0 bridgehead atoms. The van der Waals surface area contributed by atoms with Crippen LogP contribution in [0.15, 0.2) is 40.9 Å². The van der Waals surface area contributed by atoms with E-state index in [9.17, 15) is 9.59 Å². The van der Waals surface area contributed by atoms with Crippen LogP contribution in [-0.2, 0) is 9.59 Å². The minimum absolute atomic E-state index is 0.0959. The molecule has 0 spiro atoms. The van der Waals surface area contributed by atoms with Crippen LogP contribution < -0.4 is 25.6 Å². The first kappa shape index (κ1) is 23.2. The Morgan fingerprint density at radius 2 is 1.66 bits per heavy atom. The van der Waals surface area contributed by atoms with Crippen LogP contribution in [0.1, 0.15) is 5.56 Å². The third kappa shape index (κ3) is 8.06. The zero-order chi connectivity index (χ0) is 21.4. The second kappa shape index (κ2) is 11.2. The summed E-state index contributed by atoms with van der Waals surface area (Å²) in [6.07, 6.45) is 0. The molecule has 0 atom stereocenters. The quantitative estimate of drug-likeness (QED) is 0.399. The molecule has 0 aliphatic rings. The average Bonchev–Trinajstić information content (AvgIpc) is 2.65. The summed E-state index contributed by atoms with van der Waals surface area (Å²) in [5.41, 5.74) is 5.49. The maximum atomic E-state index is 11.9. The van der Waals surface area contributed by atoms with Crippen molar-refractivity contribution in [2.75, 3.05) is 13.2 Å². The Hall–Kier alpha value is -2.07. The number of benzene rings is 2. The molecule has 154 valence electrons. The lowest BCUT2D eigenvalue weighted by molar-refractivity contribution is -0.124. The van der Waals surface area contributed by atoms with Crippen LogP contribution in [0.2, 0.25) is 10.0 Å². The second-order valence-electron chi connectivity index (χ2n) is 5.61. The summed E-state index contributed by atoms with van der Waals surface area (Å²) in [6.45, 7) is 1.25. The van der Waals surface area contributed by atoms with Gasteiger partial charge in [0.25, 0.3) is 11.8 Å². The number of ether oxygens (including phenoxy) is 2. The molecule has 0 unspecified atom stereocenters. The van der Waals surface area contributed by atoms with Gasteiger partial charge in [-0.2, -0.15) is 0 Å². The van der Waals surface area contributed by atoms with Crippen LogP contribution in [0.3, 0.4) is 0 Å². The summed E-state index contributed by atoms with van der Waals surface area (Å²) in [4.78, 5) is 23.7. The first-order valence-corrected chi connectivity index (χ1v) is 10.1. The van der Waals surface area contributed by atoms with E-state index in [0.717, 1.165) is 10.0 Å². The van der Waals surface area contributed by atoms with Crippen molar-refractivity contribution in [3.8, 4) is 11.5 Å². The van der Waals surface area contributed by atoms with E-state index in [1.807, 2.05) is 6.92 Å². The third-order valence-corrected chi connectivity index (χ3v) is 4.54. The predicted molar refractivity (Wildman–Crippen MR) is 118 cm³/mol. The number of carbonyl (C=O) groups is 2. The Morgan fingerprint density at radius 3 is 2.34 bits per heavy atom. The normalized spacial score (nSPS) is 10.1. The van der Waals surface area contributed by atoms with Crippen molar-refractivity contribution in [3.05, 3.63) is 56.5 Å². The van der Waals surface area contributed by atoms with E-state index in [1.54, 1.807) is 36.4 Å². The van der Waals surface area contributed by atoms with Gasteiger partial charge in [0.2, 0.25) is 0 Å². The number of hydrazine groups is 1. The van der Waals surface area contributed by atoms with Crippen molar-refractivity contribution < 1.29 is 19.1 Å². The smallest absolute Gasteiger partial charge is 0.276 e. The zero-order valence-corrected chi connectivity index (χ0v) is 19.0. The summed E-state index contributed by atoms with van der Waals surface area (Å²) in [7, 11) is 0. The standard InChI is InChI=1S/C18H16BrCl2N3O4S/c1-10-6-12(20)3-5-14(10)27-8-16(25)22-18(29)24-23-17(26)9-28-15-4-2-11(19)7-13(15)21/h2-7H,8-9H2,1H3,(H,23,26)(H2,22,24,25,29). The fourth-order valence-electron chi connectivity index (χ4n) is 2.01. The number of amides is 2. The van der Waals surface area contributed by atoms with Crippen molar-refractivity contribution >= 4 is 68.3 Å². The monoisotopic (exact) mass is 519 g/mol. The highest BCUT2D eigenvalue weighted by Crippen LogP contribution is 2.27. The second-order valence-corrected chi connectivity index (χ2v) is 7.78. The van der Waals surface area contributed by atoms with Crippen molar-refractivity contribution in [2.45, 2.75) is 6.92 Å². The van der Waals surface area contributed by atoms with Gasteiger partial charge in [-0.3, -0.25) is 25.8 Å². The third-order valence-electron chi connectivity index (χ3n) is 3.32. The number of nitrogens with one attached hydrogen (secondary N) is 3. The molecule has 3 N–H and O–H groups in total. The Bertz CT molecular complexity index is 930. The number of hydrogen-bond donors (Lipinski definition) is 3. The lowest BCUT2D eigenvalue weighted by Gasteiger charge is -2.13. The lowest BCUT2D eigenvalue weighted by Crippen LogP contribution is -2.50.